The second kappa shape index (κ2) is 4.81. The van der Waals surface area contributed by atoms with Gasteiger partial charge in [0, 0.05) is 0 Å². The van der Waals surface area contributed by atoms with Crippen LogP contribution in [0.1, 0.15) is 27.2 Å². The molecule has 5 nitrogen and oxygen atoms in total. The molecular formula is C8H13F3O5S. The predicted molar refractivity (Wildman–Crippen MR) is 51.6 cm³/mol. The van der Waals surface area contributed by atoms with E-state index < -0.39 is 33.1 Å². The quantitative estimate of drug-likeness (QED) is 0.612. The summed E-state index contributed by atoms with van der Waals surface area (Å²) >= 11 is 0. The van der Waals surface area contributed by atoms with E-state index in [0.717, 1.165) is 0 Å². The van der Waals surface area contributed by atoms with Crippen molar-refractivity contribution in [2.75, 3.05) is 0 Å². The van der Waals surface area contributed by atoms with Crippen LogP contribution in [0, 0.1) is 5.41 Å². The van der Waals surface area contributed by atoms with Crippen molar-refractivity contribution in [3.63, 3.8) is 0 Å². The van der Waals surface area contributed by atoms with Gasteiger partial charge in [0.15, 0.2) is 0 Å². The largest absolute Gasteiger partial charge is 0.435 e. The lowest BCUT2D eigenvalue weighted by molar-refractivity contribution is -0.192. The lowest BCUT2D eigenvalue weighted by Crippen LogP contribution is -2.43. The van der Waals surface area contributed by atoms with E-state index in [2.05, 4.69) is 4.74 Å². The predicted octanol–water partition coefficient (Wildman–Crippen LogP) is 1.74. The third kappa shape index (κ3) is 3.56. The minimum Gasteiger partial charge on any atom is -0.423 e. The smallest absolute Gasteiger partial charge is 0.423 e. The van der Waals surface area contributed by atoms with Gasteiger partial charge in [-0.05, 0) is 20.3 Å². The maximum atomic E-state index is 12.9. The number of carbonyl (C=O) groups excluding carboxylic acids is 1. The second-order valence-electron chi connectivity index (χ2n) is 4.00. The summed E-state index contributed by atoms with van der Waals surface area (Å²) in [7, 11) is -5.98. The molecule has 0 radical (unpaired) electrons. The van der Waals surface area contributed by atoms with Crippen LogP contribution in [0.15, 0.2) is 0 Å². The molecule has 1 unspecified atom stereocenters. The number of ether oxygens (including phenoxy) is 1. The van der Waals surface area contributed by atoms with Crippen molar-refractivity contribution in [2.45, 2.75) is 38.8 Å². The van der Waals surface area contributed by atoms with E-state index in [0.29, 0.717) is 0 Å². The second-order valence-corrected chi connectivity index (χ2v) is 5.49. The monoisotopic (exact) mass is 278 g/mol. The average Bonchev–Trinajstić information content (AvgIpc) is 2.15. The zero-order valence-electron chi connectivity index (χ0n) is 9.41. The summed E-state index contributed by atoms with van der Waals surface area (Å²) in [4.78, 5) is 11.2. The van der Waals surface area contributed by atoms with Gasteiger partial charge in [0.05, 0.1) is 5.41 Å². The molecule has 0 aromatic heterocycles. The van der Waals surface area contributed by atoms with Gasteiger partial charge < -0.3 is 4.74 Å². The number of alkyl halides is 3. The number of esters is 1. The summed E-state index contributed by atoms with van der Waals surface area (Å²) in [6, 6.07) is 0. The maximum absolute atomic E-state index is 12.9. The van der Waals surface area contributed by atoms with Crippen LogP contribution >= 0.6 is 0 Å². The molecule has 9 heteroatoms. The highest BCUT2D eigenvalue weighted by atomic mass is 32.2. The van der Waals surface area contributed by atoms with Crippen LogP contribution < -0.4 is 0 Å². The molecule has 0 aliphatic heterocycles. The average molecular weight is 278 g/mol. The first-order valence-corrected chi connectivity index (χ1v) is 6.00. The molecule has 0 aliphatic rings. The molecule has 1 atom stereocenters. The Bertz CT molecular complexity index is 390. The van der Waals surface area contributed by atoms with E-state index in [9.17, 15) is 26.4 Å². The number of carbonyl (C=O) groups is 1. The molecule has 0 heterocycles. The van der Waals surface area contributed by atoms with E-state index in [1.165, 1.54) is 20.8 Å². The van der Waals surface area contributed by atoms with Crippen LogP contribution in [0.5, 0.6) is 0 Å². The van der Waals surface area contributed by atoms with Crippen LogP contribution in [0.2, 0.25) is 0 Å². The fourth-order valence-electron chi connectivity index (χ4n) is 0.584. The van der Waals surface area contributed by atoms with E-state index >= 15 is 0 Å². The highest BCUT2D eigenvalue weighted by Crippen LogP contribution is 2.31. The van der Waals surface area contributed by atoms with Gasteiger partial charge in [0.25, 0.3) is 0 Å². The van der Waals surface area contributed by atoms with Gasteiger partial charge in [-0.15, -0.1) is 0 Å². The van der Waals surface area contributed by atoms with Crippen molar-refractivity contribution in [1.29, 1.82) is 0 Å². The molecule has 0 saturated carbocycles. The molecule has 0 rings (SSSR count). The Hall–Kier alpha value is -0.830. The van der Waals surface area contributed by atoms with E-state index in [4.69, 9.17) is 4.55 Å². The van der Waals surface area contributed by atoms with Gasteiger partial charge in [-0.3, -0.25) is 9.35 Å². The standard InChI is InChI=1S/C8H13F3O5S/c1-4-7(2,3)6(12)16-5(9)8(10,11)17(13,14)15/h5H,4H2,1-3H3,(H,13,14,15). The SMILES string of the molecule is CCC(C)(C)C(=O)OC(F)C(F)(F)S(=O)(=O)O. The minimum atomic E-state index is -5.98. The first-order chi connectivity index (χ1) is 7.36. The summed E-state index contributed by atoms with van der Waals surface area (Å²) in [5, 5.41) is -5.19. The number of hydrogen-bond acceptors (Lipinski definition) is 4. The van der Waals surface area contributed by atoms with E-state index in [1.807, 2.05) is 0 Å². The first-order valence-electron chi connectivity index (χ1n) is 4.56. The number of halogens is 3. The molecule has 0 aromatic rings. The Labute approximate surface area is 96.7 Å². The minimum absolute atomic E-state index is 0.177. The fourth-order valence-corrected chi connectivity index (χ4v) is 0.866. The Morgan fingerprint density at radius 2 is 1.82 bits per heavy atom. The highest BCUT2D eigenvalue weighted by Gasteiger charge is 2.56. The van der Waals surface area contributed by atoms with Gasteiger partial charge >= 0.3 is 27.7 Å². The van der Waals surface area contributed by atoms with Crippen molar-refractivity contribution >= 4 is 16.1 Å². The topological polar surface area (TPSA) is 80.7 Å². The Kier molecular flexibility index (Phi) is 4.57. The first kappa shape index (κ1) is 16.2. The van der Waals surface area contributed by atoms with Crippen LogP contribution in [-0.2, 0) is 19.6 Å². The lowest BCUT2D eigenvalue weighted by Gasteiger charge is -2.24. The van der Waals surface area contributed by atoms with Crippen molar-refractivity contribution in [3.05, 3.63) is 0 Å². The zero-order chi connectivity index (χ0) is 14.1. The van der Waals surface area contributed by atoms with E-state index in [1.54, 1.807) is 0 Å². The van der Waals surface area contributed by atoms with Crippen LogP contribution in [0.4, 0.5) is 13.2 Å². The number of hydrogen-bond donors (Lipinski definition) is 1. The molecule has 0 fully saturated rings. The van der Waals surface area contributed by atoms with Crippen molar-refractivity contribution in [3.8, 4) is 0 Å². The van der Waals surface area contributed by atoms with Gasteiger partial charge in [-0.1, -0.05) is 6.92 Å². The Balaban J connectivity index is 4.91. The van der Waals surface area contributed by atoms with Gasteiger partial charge in [-0.25, -0.2) is 0 Å². The fraction of sp³-hybridized carbons (Fsp3) is 0.875. The summed E-state index contributed by atoms with van der Waals surface area (Å²) < 4.78 is 70.4. The summed E-state index contributed by atoms with van der Waals surface area (Å²) in [5.74, 6) is -1.32. The molecule has 102 valence electrons. The third-order valence-electron chi connectivity index (χ3n) is 2.26. The molecule has 0 spiro atoms. The molecule has 0 amide bonds. The highest BCUT2D eigenvalue weighted by molar-refractivity contribution is 7.86. The molecular weight excluding hydrogens is 265 g/mol. The van der Waals surface area contributed by atoms with Crippen LogP contribution in [0.25, 0.3) is 0 Å². The molecule has 0 saturated heterocycles. The summed E-state index contributed by atoms with van der Waals surface area (Å²) in [5.41, 5.74) is -1.24. The Morgan fingerprint density at radius 1 is 1.41 bits per heavy atom. The van der Waals surface area contributed by atoms with Crippen molar-refractivity contribution < 1.29 is 35.7 Å². The Morgan fingerprint density at radius 3 is 2.12 bits per heavy atom. The summed E-state index contributed by atoms with van der Waals surface area (Å²) in [6.45, 7) is 4.16. The van der Waals surface area contributed by atoms with E-state index in [-0.39, 0.29) is 6.42 Å². The molecule has 0 bridgehead atoms. The number of rotatable bonds is 5. The molecule has 1 N–H and O–H groups in total. The molecule has 17 heavy (non-hydrogen) atoms. The summed E-state index contributed by atoms with van der Waals surface area (Å²) in [6.07, 6.45) is -3.58. The van der Waals surface area contributed by atoms with Gasteiger partial charge in [0.1, 0.15) is 0 Å². The third-order valence-corrected chi connectivity index (χ3v) is 3.13. The van der Waals surface area contributed by atoms with Crippen LogP contribution in [0.3, 0.4) is 0 Å². The van der Waals surface area contributed by atoms with Gasteiger partial charge in [0.2, 0.25) is 0 Å². The van der Waals surface area contributed by atoms with Crippen molar-refractivity contribution in [1.82, 2.24) is 0 Å². The molecule has 0 aliphatic carbocycles. The molecule has 0 aromatic carbocycles. The van der Waals surface area contributed by atoms with Crippen LogP contribution in [-0.4, -0.2) is 30.6 Å². The zero-order valence-corrected chi connectivity index (χ0v) is 10.2. The van der Waals surface area contributed by atoms with Gasteiger partial charge in [-0.2, -0.15) is 21.6 Å². The lowest BCUT2D eigenvalue weighted by atomic mass is 9.91. The normalized spacial score (nSPS) is 15.5. The maximum Gasteiger partial charge on any atom is 0.435 e. The van der Waals surface area contributed by atoms with Crippen molar-refractivity contribution in [2.24, 2.45) is 5.41 Å².